The number of amides is 1. The summed E-state index contributed by atoms with van der Waals surface area (Å²) >= 11 is 6.09. The van der Waals surface area contributed by atoms with Crippen molar-refractivity contribution in [2.75, 3.05) is 5.32 Å². The highest BCUT2D eigenvalue weighted by molar-refractivity contribution is 6.31. The first kappa shape index (κ1) is 22.2. The van der Waals surface area contributed by atoms with Crippen LogP contribution in [0.15, 0.2) is 76.3 Å². The molecule has 33 heavy (non-hydrogen) atoms. The van der Waals surface area contributed by atoms with Gasteiger partial charge in [0.15, 0.2) is 11.4 Å². The van der Waals surface area contributed by atoms with Crippen molar-refractivity contribution in [2.45, 2.75) is 13.5 Å². The van der Waals surface area contributed by atoms with E-state index in [1.54, 1.807) is 67.9 Å². The van der Waals surface area contributed by atoms with Gasteiger partial charge in [-0.05, 0) is 61.0 Å². The van der Waals surface area contributed by atoms with Gasteiger partial charge in [-0.15, -0.1) is 0 Å². The molecule has 8 nitrogen and oxygen atoms in total. The maximum atomic E-state index is 12.8. The molecular weight excluding hydrogens is 444 g/mol. The fourth-order valence-electron chi connectivity index (χ4n) is 3.09. The number of hydrogen-bond acceptors (Lipinski definition) is 6. The Labute approximate surface area is 194 Å². The Bertz CT molecular complexity index is 1350. The minimum Gasteiger partial charge on any atom is -0.467 e. The van der Waals surface area contributed by atoms with E-state index in [4.69, 9.17) is 20.8 Å². The van der Waals surface area contributed by atoms with Gasteiger partial charge in [-0.3, -0.25) is 9.59 Å². The Hall–Kier alpha value is -4.04. The average Bonchev–Trinajstić information content (AvgIpc) is 3.33. The van der Waals surface area contributed by atoms with Crippen molar-refractivity contribution in [2.24, 2.45) is 7.05 Å². The molecule has 168 valence electrons. The highest BCUT2D eigenvalue weighted by Crippen LogP contribution is 2.30. The normalized spacial score (nSPS) is 10.6. The zero-order valence-corrected chi connectivity index (χ0v) is 18.7. The number of ether oxygens (including phenoxy) is 1. The molecule has 0 atom stereocenters. The lowest BCUT2D eigenvalue weighted by atomic mass is 10.2. The van der Waals surface area contributed by atoms with Crippen molar-refractivity contribution >= 4 is 28.9 Å². The van der Waals surface area contributed by atoms with Crippen molar-refractivity contribution < 1.29 is 13.9 Å². The summed E-state index contributed by atoms with van der Waals surface area (Å²) in [6, 6.07) is 15.5. The van der Waals surface area contributed by atoms with E-state index < -0.39 is 0 Å². The summed E-state index contributed by atoms with van der Waals surface area (Å²) in [6.45, 7) is 2.13. The molecule has 0 fully saturated rings. The quantitative estimate of drug-likeness (QED) is 0.407. The summed E-state index contributed by atoms with van der Waals surface area (Å²) in [7, 11) is 1.54. The van der Waals surface area contributed by atoms with Gasteiger partial charge >= 0.3 is 0 Å². The monoisotopic (exact) mass is 464 g/mol. The van der Waals surface area contributed by atoms with Crippen LogP contribution in [-0.4, -0.2) is 15.7 Å². The standard InChI is InChI=1S/C24H21ClN4O4/c1-15-11-18(8-9-20(15)25)33-21-14-27-29(2)24(31)22(21)28-17-6-3-5-16(12-17)23(30)26-13-19-7-4-10-32-19/h3-12,14,28H,13H2,1-2H3,(H,26,30). The van der Waals surface area contributed by atoms with Crippen LogP contribution in [-0.2, 0) is 13.6 Å². The van der Waals surface area contributed by atoms with Gasteiger partial charge in [0.25, 0.3) is 11.5 Å². The Kier molecular flexibility index (Phi) is 6.46. The van der Waals surface area contributed by atoms with Gasteiger partial charge in [-0.2, -0.15) is 5.10 Å². The zero-order valence-electron chi connectivity index (χ0n) is 18.0. The lowest BCUT2D eigenvalue weighted by Crippen LogP contribution is -2.23. The Morgan fingerprint density at radius 1 is 1.18 bits per heavy atom. The highest BCUT2D eigenvalue weighted by atomic mass is 35.5. The second kappa shape index (κ2) is 9.62. The first-order valence-corrected chi connectivity index (χ1v) is 10.5. The van der Waals surface area contributed by atoms with Crippen LogP contribution in [0.5, 0.6) is 11.5 Å². The van der Waals surface area contributed by atoms with Crippen molar-refractivity contribution in [1.82, 2.24) is 15.1 Å². The molecule has 4 aromatic rings. The van der Waals surface area contributed by atoms with Gasteiger partial charge in [0.1, 0.15) is 11.5 Å². The van der Waals surface area contributed by atoms with Crippen molar-refractivity contribution in [3.05, 3.63) is 99.3 Å². The van der Waals surface area contributed by atoms with Gasteiger partial charge in [0.2, 0.25) is 0 Å². The first-order valence-electron chi connectivity index (χ1n) is 10.1. The molecule has 2 aromatic heterocycles. The number of aromatic nitrogens is 2. The highest BCUT2D eigenvalue weighted by Gasteiger charge is 2.14. The molecule has 0 spiro atoms. The predicted octanol–water partition coefficient (Wildman–Crippen LogP) is 4.80. The van der Waals surface area contributed by atoms with E-state index in [1.807, 2.05) is 6.92 Å². The smallest absolute Gasteiger partial charge is 0.294 e. The maximum absolute atomic E-state index is 12.8. The second-order valence-electron chi connectivity index (χ2n) is 7.29. The van der Waals surface area contributed by atoms with Gasteiger partial charge < -0.3 is 19.8 Å². The lowest BCUT2D eigenvalue weighted by molar-refractivity contribution is 0.0948. The first-order chi connectivity index (χ1) is 15.9. The van der Waals surface area contributed by atoms with E-state index in [-0.39, 0.29) is 29.4 Å². The number of nitrogens with zero attached hydrogens (tertiary/aromatic N) is 2. The third-order valence-electron chi connectivity index (χ3n) is 4.86. The number of nitrogens with one attached hydrogen (secondary N) is 2. The summed E-state index contributed by atoms with van der Waals surface area (Å²) in [5.41, 5.74) is 1.61. The number of rotatable bonds is 7. The minimum absolute atomic E-state index is 0.188. The molecule has 0 unspecified atom stereocenters. The maximum Gasteiger partial charge on any atom is 0.294 e. The van der Waals surface area contributed by atoms with Crippen LogP contribution in [0.2, 0.25) is 5.02 Å². The molecule has 0 radical (unpaired) electrons. The van der Waals surface area contributed by atoms with E-state index in [0.29, 0.717) is 27.8 Å². The van der Waals surface area contributed by atoms with Gasteiger partial charge in [0.05, 0.1) is 19.0 Å². The van der Waals surface area contributed by atoms with Crippen LogP contribution in [0.1, 0.15) is 21.7 Å². The SMILES string of the molecule is Cc1cc(Oc2cnn(C)c(=O)c2Nc2cccc(C(=O)NCc3ccco3)c2)ccc1Cl. The summed E-state index contributed by atoms with van der Waals surface area (Å²) in [5.74, 6) is 1.14. The molecule has 4 rings (SSSR count). The molecule has 2 aromatic carbocycles. The summed E-state index contributed by atoms with van der Waals surface area (Å²) < 4.78 is 12.4. The summed E-state index contributed by atoms with van der Waals surface area (Å²) in [4.78, 5) is 25.3. The predicted molar refractivity (Wildman–Crippen MR) is 125 cm³/mol. The molecule has 0 aliphatic rings. The van der Waals surface area contributed by atoms with E-state index in [0.717, 1.165) is 5.56 Å². The third-order valence-corrected chi connectivity index (χ3v) is 5.28. The number of benzene rings is 2. The number of furan rings is 1. The number of halogens is 1. The number of hydrogen-bond donors (Lipinski definition) is 2. The van der Waals surface area contributed by atoms with E-state index >= 15 is 0 Å². The van der Waals surface area contributed by atoms with Crippen LogP contribution in [0.4, 0.5) is 11.4 Å². The molecule has 2 N–H and O–H groups in total. The van der Waals surface area contributed by atoms with Gasteiger partial charge in [-0.25, -0.2) is 4.68 Å². The number of carbonyl (C=O) groups excluding carboxylic acids is 1. The van der Waals surface area contributed by atoms with Gasteiger partial charge in [-0.1, -0.05) is 17.7 Å². The third kappa shape index (κ3) is 5.24. The molecule has 2 heterocycles. The summed E-state index contributed by atoms with van der Waals surface area (Å²) in [6.07, 6.45) is 3.00. The molecule has 0 aliphatic heterocycles. The number of carbonyl (C=O) groups is 1. The molecule has 9 heteroatoms. The minimum atomic E-state index is -0.383. The average molecular weight is 465 g/mol. The second-order valence-corrected chi connectivity index (χ2v) is 7.70. The largest absolute Gasteiger partial charge is 0.467 e. The Morgan fingerprint density at radius 2 is 2.03 bits per heavy atom. The van der Waals surface area contributed by atoms with E-state index in [1.165, 1.54) is 10.9 Å². The molecule has 1 amide bonds. The number of anilines is 2. The van der Waals surface area contributed by atoms with Crippen LogP contribution in [0.25, 0.3) is 0 Å². The molecule has 0 bridgehead atoms. The number of aryl methyl sites for hydroxylation is 2. The fraction of sp³-hybridized carbons (Fsp3) is 0.125. The molecule has 0 saturated carbocycles. The fourth-order valence-corrected chi connectivity index (χ4v) is 3.21. The summed E-state index contributed by atoms with van der Waals surface area (Å²) in [5, 5.41) is 10.5. The van der Waals surface area contributed by atoms with Crippen LogP contribution in [0.3, 0.4) is 0 Å². The van der Waals surface area contributed by atoms with Crippen LogP contribution < -0.4 is 20.9 Å². The van der Waals surface area contributed by atoms with Crippen molar-refractivity contribution in [3.8, 4) is 11.5 Å². The molecule has 0 aliphatic carbocycles. The van der Waals surface area contributed by atoms with E-state index in [2.05, 4.69) is 15.7 Å². The van der Waals surface area contributed by atoms with Crippen LogP contribution >= 0.6 is 11.6 Å². The van der Waals surface area contributed by atoms with Crippen molar-refractivity contribution in [3.63, 3.8) is 0 Å². The van der Waals surface area contributed by atoms with Crippen molar-refractivity contribution in [1.29, 1.82) is 0 Å². The molecule has 0 saturated heterocycles. The Morgan fingerprint density at radius 3 is 2.79 bits per heavy atom. The van der Waals surface area contributed by atoms with E-state index in [9.17, 15) is 9.59 Å². The topological polar surface area (TPSA) is 98.4 Å². The molecular formula is C24H21ClN4O4. The zero-order chi connectivity index (χ0) is 23.4. The Balaban J connectivity index is 1.57. The van der Waals surface area contributed by atoms with Gasteiger partial charge in [0, 0.05) is 23.3 Å². The lowest BCUT2D eigenvalue weighted by Gasteiger charge is -2.14. The van der Waals surface area contributed by atoms with Crippen LogP contribution in [0, 0.1) is 6.92 Å².